The number of aryl methyl sites for hydroxylation is 2. The molecule has 2 atom stereocenters. The molecule has 2 unspecified atom stereocenters. The summed E-state index contributed by atoms with van der Waals surface area (Å²) in [5, 5.41) is 9.41. The van der Waals surface area contributed by atoms with Gasteiger partial charge in [0.25, 0.3) is 5.91 Å². The lowest BCUT2D eigenvalue weighted by atomic mass is 9.98. The van der Waals surface area contributed by atoms with Gasteiger partial charge in [0.1, 0.15) is 0 Å². The number of rotatable bonds is 8. The summed E-state index contributed by atoms with van der Waals surface area (Å²) in [5.41, 5.74) is 5.17. The van der Waals surface area contributed by atoms with Crippen molar-refractivity contribution in [3.05, 3.63) is 81.5 Å². The third kappa shape index (κ3) is 7.19. The normalized spacial score (nSPS) is 17.5. The van der Waals surface area contributed by atoms with Crippen molar-refractivity contribution in [2.24, 2.45) is 10.9 Å². The van der Waals surface area contributed by atoms with Crippen molar-refractivity contribution in [2.75, 3.05) is 19.6 Å². The fourth-order valence-corrected chi connectivity index (χ4v) is 5.78. The van der Waals surface area contributed by atoms with Crippen LogP contribution in [0.4, 0.5) is 0 Å². The third-order valence-corrected chi connectivity index (χ3v) is 8.04. The van der Waals surface area contributed by atoms with Gasteiger partial charge >= 0.3 is 0 Å². The van der Waals surface area contributed by atoms with Gasteiger partial charge in [0.2, 0.25) is 0 Å². The minimum atomic E-state index is 0.0616. The summed E-state index contributed by atoms with van der Waals surface area (Å²) in [5.74, 6) is 0.567. The Bertz CT molecular complexity index is 1150. The molecule has 3 rings (SSSR count). The highest BCUT2D eigenvalue weighted by Crippen LogP contribution is 2.24. The Morgan fingerprint density at radius 2 is 2.03 bits per heavy atom. The van der Waals surface area contributed by atoms with Crippen molar-refractivity contribution < 1.29 is 4.79 Å². The molecule has 0 bridgehead atoms. The van der Waals surface area contributed by atoms with Gasteiger partial charge in [-0.2, -0.15) is 0 Å². The average Bonchev–Trinajstić information content (AvgIpc) is 2.87. The third-order valence-electron chi connectivity index (χ3n) is 6.74. The molecule has 0 aromatic heterocycles. The standard InChI is InChI=1S/C29H36ClIN4O/c1-5-21(15-22-9-8-10-25(30)16-22)18-33-28(32)26(7-3)35-14-13-34(19-27(35)31)29(36)24-12-11-20(4)23(6-2)17-24/h7-12,16-18,21,27,32H,5-6,13-15,19H2,1-4H3/b26-7?,32-28?,33-18-. The van der Waals surface area contributed by atoms with Gasteiger partial charge in [-0.3, -0.25) is 10.2 Å². The van der Waals surface area contributed by atoms with Crippen LogP contribution in [0.3, 0.4) is 0 Å². The number of piperazine rings is 1. The van der Waals surface area contributed by atoms with Gasteiger partial charge in [0.05, 0.1) is 16.3 Å². The van der Waals surface area contributed by atoms with Crippen molar-refractivity contribution >= 4 is 52.1 Å². The summed E-state index contributed by atoms with van der Waals surface area (Å²) >= 11 is 8.51. The lowest BCUT2D eigenvalue weighted by Crippen LogP contribution is -2.52. The number of alkyl halides is 1. The fraction of sp³-hybridized carbons (Fsp3) is 0.414. The molecule has 0 saturated carbocycles. The van der Waals surface area contributed by atoms with E-state index in [9.17, 15) is 4.79 Å². The van der Waals surface area contributed by atoms with Crippen LogP contribution in [0.1, 0.15) is 54.2 Å². The Morgan fingerprint density at radius 1 is 1.25 bits per heavy atom. The van der Waals surface area contributed by atoms with E-state index in [1.54, 1.807) is 0 Å². The number of nitrogens with one attached hydrogen (secondary N) is 1. The van der Waals surface area contributed by atoms with Crippen molar-refractivity contribution in [2.45, 2.75) is 51.0 Å². The molecule has 1 aliphatic heterocycles. The molecule has 192 valence electrons. The molecule has 0 radical (unpaired) electrons. The Balaban J connectivity index is 1.64. The van der Waals surface area contributed by atoms with E-state index >= 15 is 0 Å². The molecule has 1 aliphatic rings. The Morgan fingerprint density at radius 3 is 2.67 bits per heavy atom. The molecule has 0 aliphatic carbocycles. The Kier molecular flexibility index (Phi) is 10.5. The predicted molar refractivity (Wildman–Crippen MR) is 160 cm³/mol. The van der Waals surface area contributed by atoms with Crippen LogP contribution in [0.25, 0.3) is 0 Å². The largest absolute Gasteiger partial charge is 0.353 e. The molecule has 36 heavy (non-hydrogen) atoms. The van der Waals surface area contributed by atoms with Crippen molar-refractivity contribution in [1.82, 2.24) is 9.80 Å². The molecule has 0 spiro atoms. The molecular formula is C29H36ClIN4O. The molecule has 5 nitrogen and oxygen atoms in total. The Labute approximate surface area is 234 Å². The van der Waals surface area contributed by atoms with Gasteiger partial charge in [0, 0.05) is 29.9 Å². The summed E-state index contributed by atoms with van der Waals surface area (Å²) in [6.07, 6.45) is 6.54. The molecule has 1 saturated heterocycles. The second kappa shape index (κ2) is 13.4. The smallest absolute Gasteiger partial charge is 0.254 e. The van der Waals surface area contributed by atoms with Crippen LogP contribution in [0, 0.1) is 18.3 Å². The van der Waals surface area contributed by atoms with Gasteiger partial charge < -0.3 is 9.80 Å². The van der Waals surface area contributed by atoms with Gasteiger partial charge in [-0.25, -0.2) is 4.99 Å². The van der Waals surface area contributed by atoms with Gasteiger partial charge in [-0.05, 0) is 80.0 Å². The lowest BCUT2D eigenvalue weighted by Gasteiger charge is -2.41. The number of nitrogens with zero attached hydrogens (tertiary/aromatic N) is 3. The predicted octanol–water partition coefficient (Wildman–Crippen LogP) is 6.95. The van der Waals surface area contributed by atoms with E-state index in [4.69, 9.17) is 17.0 Å². The molecule has 7 heteroatoms. The minimum Gasteiger partial charge on any atom is -0.353 e. The maximum atomic E-state index is 13.2. The molecule has 2 aromatic carbocycles. The van der Waals surface area contributed by atoms with Gasteiger partial charge in [-0.1, -0.05) is 72.3 Å². The highest BCUT2D eigenvalue weighted by atomic mass is 127. The highest BCUT2D eigenvalue weighted by Gasteiger charge is 2.30. The van der Waals surface area contributed by atoms with E-state index in [2.05, 4.69) is 59.3 Å². The molecular weight excluding hydrogens is 583 g/mol. The summed E-state index contributed by atoms with van der Waals surface area (Å²) < 4.78 is 0.0616. The molecule has 2 aromatic rings. The zero-order valence-corrected chi connectivity index (χ0v) is 24.5. The first-order valence-corrected chi connectivity index (χ1v) is 14.2. The quantitative estimate of drug-likeness (QED) is 0.114. The first-order valence-electron chi connectivity index (χ1n) is 12.6. The minimum absolute atomic E-state index is 0.0616. The first-order chi connectivity index (χ1) is 17.3. The van der Waals surface area contributed by atoms with E-state index in [1.807, 2.05) is 60.5 Å². The zero-order chi connectivity index (χ0) is 26.2. The summed E-state index contributed by atoms with van der Waals surface area (Å²) in [7, 11) is 0. The maximum Gasteiger partial charge on any atom is 0.254 e. The van der Waals surface area contributed by atoms with Crippen molar-refractivity contribution in [1.29, 1.82) is 5.41 Å². The number of benzene rings is 2. The second-order valence-electron chi connectivity index (χ2n) is 9.18. The van der Waals surface area contributed by atoms with Crippen LogP contribution in [0.15, 0.2) is 59.2 Å². The number of hydrogen-bond donors (Lipinski definition) is 1. The average molecular weight is 619 g/mol. The van der Waals surface area contributed by atoms with Crippen LogP contribution in [0.5, 0.6) is 0 Å². The lowest BCUT2D eigenvalue weighted by molar-refractivity contribution is 0.0662. The molecule has 1 fully saturated rings. The van der Waals surface area contributed by atoms with Crippen LogP contribution in [0.2, 0.25) is 5.02 Å². The summed E-state index contributed by atoms with van der Waals surface area (Å²) in [6, 6.07) is 13.9. The van der Waals surface area contributed by atoms with Crippen molar-refractivity contribution in [3.8, 4) is 0 Å². The monoisotopic (exact) mass is 618 g/mol. The van der Waals surface area contributed by atoms with Gasteiger partial charge in [0.15, 0.2) is 5.84 Å². The van der Waals surface area contributed by atoms with E-state index in [0.717, 1.165) is 35.5 Å². The maximum absolute atomic E-state index is 13.2. The number of allylic oxidation sites excluding steroid dienone is 1. The molecule has 1 amide bonds. The van der Waals surface area contributed by atoms with E-state index < -0.39 is 0 Å². The summed E-state index contributed by atoms with van der Waals surface area (Å²) in [6.45, 7) is 10.2. The molecule has 1 heterocycles. The number of carbonyl (C=O) groups is 1. The topological polar surface area (TPSA) is 59.8 Å². The SMILES string of the molecule is CC=C(C(=N)/N=C\C(CC)Cc1cccc(Cl)c1)N1CCN(C(=O)c2ccc(C)c(CC)c2)CC1I. The molecule has 1 N–H and O–H groups in total. The first kappa shape index (κ1) is 28.4. The number of carbonyl (C=O) groups excluding carboxylic acids is 1. The van der Waals surface area contributed by atoms with E-state index in [0.29, 0.717) is 19.6 Å². The number of hydrogen-bond acceptors (Lipinski definition) is 3. The number of halogens is 2. The van der Waals surface area contributed by atoms with Gasteiger partial charge in [-0.15, -0.1) is 0 Å². The second-order valence-corrected chi connectivity index (χ2v) is 11.1. The van der Waals surface area contributed by atoms with Crippen LogP contribution in [-0.2, 0) is 12.8 Å². The number of aliphatic imine (C=N–C) groups is 1. The Hall–Kier alpha value is -2.19. The number of amidine groups is 1. The zero-order valence-electron chi connectivity index (χ0n) is 21.6. The van der Waals surface area contributed by atoms with E-state index in [1.165, 1.54) is 16.7 Å². The van der Waals surface area contributed by atoms with Crippen molar-refractivity contribution in [3.63, 3.8) is 0 Å². The van der Waals surface area contributed by atoms with Crippen LogP contribution >= 0.6 is 34.2 Å². The number of amides is 1. The van der Waals surface area contributed by atoms with Crippen LogP contribution in [-0.4, -0.2) is 51.4 Å². The highest BCUT2D eigenvalue weighted by molar-refractivity contribution is 14.1. The summed E-state index contributed by atoms with van der Waals surface area (Å²) in [4.78, 5) is 21.9. The fourth-order valence-electron chi connectivity index (χ4n) is 4.52. The van der Waals surface area contributed by atoms with Crippen LogP contribution < -0.4 is 0 Å². The van der Waals surface area contributed by atoms with E-state index in [-0.39, 0.29) is 21.7 Å².